The van der Waals surface area contributed by atoms with Crippen LogP contribution in [0.1, 0.15) is 31.4 Å². The molecule has 0 aliphatic heterocycles. The Labute approximate surface area is 82.3 Å². The highest BCUT2D eigenvalue weighted by Gasteiger charge is 2.34. The van der Waals surface area contributed by atoms with Gasteiger partial charge in [0.05, 0.1) is 23.0 Å². The van der Waals surface area contributed by atoms with Gasteiger partial charge in [0.2, 0.25) is 0 Å². The Hall–Kier alpha value is -0.540. The van der Waals surface area contributed by atoms with Crippen LogP contribution in [0.5, 0.6) is 0 Å². The van der Waals surface area contributed by atoms with Gasteiger partial charge in [-0.15, -0.1) is 0 Å². The van der Waals surface area contributed by atoms with Crippen molar-refractivity contribution < 1.29 is 5.11 Å². The quantitative estimate of drug-likeness (QED) is 0.791. The second kappa shape index (κ2) is 3.31. The zero-order chi connectivity index (χ0) is 9.42. The largest absolute Gasteiger partial charge is 0.392 e. The van der Waals surface area contributed by atoms with Gasteiger partial charge in [0, 0.05) is 12.5 Å². The van der Waals surface area contributed by atoms with Crippen molar-refractivity contribution in [1.29, 1.82) is 0 Å². The highest BCUT2D eigenvalue weighted by Crippen LogP contribution is 2.39. The Bertz CT molecular complexity index is 311. The zero-order valence-electron chi connectivity index (χ0n) is 7.57. The molecule has 1 fully saturated rings. The normalized spacial score (nSPS) is 27.3. The highest BCUT2D eigenvalue weighted by atomic mass is 35.5. The first kappa shape index (κ1) is 9.03. The lowest BCUT2D eigenvalue weighted by atomic mass is 9.79. The lowest BCUT2D eigenvalue weighted by Gasteiger charge is -2.32. The van der Waals surface area contributed by atoms with Gasteiger partial charge in [-0.05, 0) is 19.8 Å². The molecule has 1 aliphatic rings. The lowest BCUT2D eigenvalue weighted by molar-refractivity contribution is 0.0621. The number of aliphatic hydroxyl groups is 1. The summed E-state index contributed by atoms with van der Waals surface area (Å²) in [5, 5.41) is 14.4. The first-order valence-corrected chi connectivity index (χ1v) is 5.01. The van der Waals surface area contributed by atoms with Gasteiger partial charge in [0.1, 0.15) is 0 Å². The monoisotopic (exact) mass is 200 g/mol. The second-order valence-corrected chi connectivity index (χ2v) is 3.85. The summed E-state index contributed by atoms with van der Waals surface area (Å²) in [5.74, 6) is 0.204. The topological polar surface area (TPSA) is 38.0 Å². The molecule has 0 radical (unpaired) electrons. The minimum Gasteiger partial charge on any atom is -0.392 e. The van der Waals surface area contributed by atoms with Crippen molar-refractivity contribution in [2.75, 3.05) is 0 Å². The van der Waals surface area contributed by atoms with Gasteiger partial charge in [-0.3, -0.25) is 4.68 Å². The molecular weight excluding hydrogens is 188 g/mol. The first-order chi connectivity index (χ1) is 6.24. The van der Waals surface area contributed by atoms with Crippen LogP contribution in [-0.4, -0.2) is 21.0 Å². The van der Waals surface area contributed by atoms with Gasteiger partial charge in [0.25, 0.3) is 0 Å². The molecule has 0 spiro atoms. The van der Waals surface area contributed by atoms with E-state index in [2.05, 4.69) is 5.10 Å². The molecule has 13 heavy (non-hydrogen) atoms. The fraction of sp³-hybridized carbons (Fsp3) is 0.667. The van der Waals surface area contributed by atoms with Crippen LogP contribution in [0.4, 0.5) is 0 Å². The summed E-state index contributed by atoms with van der Waals surface area (Å²) in [7, 11) is 0. The molecule has 2 atom stereocenters. The van der Waals surface area contributed by atoms with Crippen LogP contribution in [-0.2, 0) is 6.54 Å². The average molecular weight is 201 g/mol. The van der Waals surface area contributed by atoms with E-state index < -0.39 is 0 Å². The maximum Gasteiger partial charge on any atom is 0.0821 e. The molecule has 1 aromatic heterocycles. The second-order valence-electron chi connectivity index (χ2n) is 3.44. The maximum absolute atomic E-state index is 9.52. The van der Waals surface area contributed by atoms with E-state index in [-0.39, 0.29) is 12.0 Å². The number of aliphatic hydroxyl groups excluding tert-OH is 1. The third kappa shape index (κ3) is 1.36. The molecule has 2 unspecified atom stereocenters. The molecule has 72 valence electrons. The van der Waals surface area contributed by atoms with Crippen LogP contribution in [0.25, 0.3) is 0 Å². The number of rotatable bonds is 2. The van der Waals surface area contributed by atoms with Crippen LogP contribution in [0.2, 0.25) is 5.02 Å². The molecule has 0 aromatic carbocycles. The molecule has 0 saturated heterocycles. The van der Waals surface area contributed by atoms with Crippen LogP contribution in [0.15, 0.2) is 6.20 Å². The van der Waals surface area contributed by atoms with Crippen molar-refractivity contribution in [3.63, 3.8) is 0 Å². The van der Waals surface area contributed by atoms with Crippen molar-refractivity contribution in [1.82, 2.24) is 9.78 Å². The molecule has 2 rings (SSSR count). The Morgan fingerprint density at radius 3 is 2.92 bits per heavy atom. The summed E-state index contributed by atoms with van der Waals surface area (Å²) < 4.78 is 1.87. The number of aromatic nitrogens is 2. The molecule has 4 heteroatoms. The van der Waals surface area contributed by atoms with E-state index >= 15 is 0 Å². The number of nitrogens with zero attached hydrogens (tertiary/aromatic N) is 2. The maximum atomic E-state index is 9.52. The van der Waals surface area contributed by atoms with E-state index in [0.717, 1.165) is 25.1 Å². The molecular formula is C9H13ClN2O. The van der Waals surface area contributed by atoms with Crippen molar-refractivity contribution >= 4 is 11.6 Å². The molecule has 0 bridgehead atoms. The summed E-state index contributed by atoms with van der Waals surface area (Å²) in [6.07, 6.45) is 3.34. The number of hydrogen-bond acceptors (Lipinski definition) is 2. The Morgan fingerprint density at radius 2 is 2.46 bits per heavy atom. The molecule has 1 aromatic rings. The fourth-order valence-electron chi connectivity index (χ4n) is 1.79. The Morgan fingerprint density at radius 1 is 1.69 bits per heavy atom. The Balaban J connectivity index is 2.31. The van der Waals surface area contributed by atoms with Crippen LogP contribution in [0, 0.1) is 0 Å². The van der Waals surface area contributed by atoms with Gasteiger partial charge < -0.3 is 5.11 Å². The van der Waals surface area contributed by atoms with E-state index in [9.17, 15) is 5.11 Å². The van der Waals surface area contributed by atoms with E-state index in [1.54, 1.807) is 6.20 Å². The van der Waals surface area contributed by atoms with Crippen molar-refractivity contribution in [3.8, 4) is 0 Å². The molecule has 1 saturated carbocycles. The van der Waals surface area contributed by atoms with Crippen molar-refractivity contribution in [2.45, 2.75) is 38.3 Å². The zero-order valence-corrected chi connectivity index (χ0v) is 8.33. The summed E-state index contributed by atoms with van der Waals surface area (Å²) in [6, 6.07) is 0. The van der Waals surface area contributed by atoms with Crippen LogP contribution in [0.3, 0.4) is 0 Å². The third-order valence-corrected chi connectivity index (χ3v) is 3.01. The van der Waals surface area contributed by atoms with Gasteiger partial charge >= 0.3 is 0 Å². The Kier molecular flexibility index (Phi) is 2.30. The highest BCUT2D eigenvalue weighted by molar-refractivity contribution is 6.31. The minimum atomic E-state index is -0.223. The van der Waals surface area contributed by atoms with E-state index in [0.29, 0.717) is 5.02 Å². The summed E-state index contributed by atoms with van der Waals surface area (Å²) in [5.41, 5.74) is 1.00. The van der Waals surface area contributed by atoms with Crippen molar-refractivity contribution in [3.05, 3.63) is 16.9 Å². The van der Waals surface area contributed by atoms with E-state index in [1.165, 1.54) is 0 Å². The molecule has 1 N–H and O–H groups in total. The number of hydrogen-bond donors (Lipinski definition) is 1. The van der Waals surface area contributed by atoms with E-state index in [1.807, 2.05) is 11.6 Å². The van der Waals surface area contributed by atoms with Gasteiger partial charge in [-0.1, -0.05) is 11.6 Å². The van der Waals surface area contributed by atoms with E-state index in [4.69, 9.17) is 11.6 Å². The molecule has 1 aliphatic carbocycles. The fourth-order valence-corrected chi connectivity index (χ4v) is 2.08. The molecule has 0 amide bonds. The predicted molar refractivity (Wildman–Crippen MR) is 50.9 cm³/mol. The summed E-state index contributed by atoms with van der Waals surface area (Å²) in [6.45, 7) is 2.84. The third-order valence-electron chi connectivity index (χ3n) is 2.72. The number of halogens is 1. The predicted octanol–water partition coefficient (Wildman–Crippen LogP) is 1.79. The smallest absolute Gasteiger partial charge is 0.0821 e. The van der Waals surface area contributed by atoms with Crippen LogP contribution < -0.4 is 0 Å². The summed E-state index contributed by atoms with van der Waals surface area (Å²) >= 11 is 6.00. The standard InChI is InChI=1S/C9H13ClN2O/c1-2-12-9(7(10)5-11-12)6-3-4-8(6)13/h5-6,8,13H,2-4H2,1H3. The summed E-state index contributed by atoms with van der Waals surface area (Å²) in [4.78, 5) is 0. The average Bonchev–Trinajstić information content (AvgIpc) is 2.46. The van der Waals surface area contributed by atoms with Crippen LogP contribution >= 0.6 is 11.6 Å². The number of aryl methyl sites for hydroxylation is 1. The van der Waals surface area contributed by atoms with Gasteiger partial charge in [-0.25, -0.2) is 0 Å². The molecule has 3 nitrogen and oxygen atoms in total. The van der Waals surface area contributed by atoms with Crippen molar-refractivity contribution in [2.24, 2.45) is 0 Å². The SMILES string of the molecule is CCn1ncc(Cl)c1C1CCC1O. The van der Waals surface area contributed by atoms with Gasteiger partial charge in [0.15, 0.2) is 0 Å². The molecule has 1 heterocycles. The first-order valence-electron chi connectivity index (χ1n) is 4.63. The van der Waals surface area contributed by atoms with Gasteiger partial charge in [-0.2, -0.15) is 5.10 Å². The minimum absolute atomic E-state index is 0.204. The lowest BCUT2D eigenvalue weighted by Crippen LogP contribution is -2.31.